The fourth-order valence-corrected chi connectivity index (χ4v) is 4.25. The summed E-state index contributed by atoms with van der Waals surface area (Å²) < 4.78 is 53.7. The number of aliphatic carboxylic acids is 1. The number of sulfonamides is 1. The molecule has 2 rings (SSSR count). The maximum absolute atomic E-state index is 13.6. The quantitative estimate of drug-likeness (QED) is 0.728. The lowest BCUT2D eigenvalue weighted by molar-refractivity contribution is -0.139. The smallest absolute Gasteiger partial charge is 0.317 e. The molecule has 1 aliphatic rings. The van der Waals surface area contributed by atoms with Crippen LogP contribution in [0.2, 0.25) is 0 Å². The van der Waals surface area contributed by atoms with Crippen LogP contribution in [0.25, 0.3) is 0 Å². The van der Waals surface area contributed by atoms with Crippen LogP contribution in [0.4, 0.5) is 8.78 Å². The fraction of sp³-hybridized carbons (Fsp3) is 0.533. The number of hydrogen-bond donors (Lipinski definition) is 2. The van der Waals surface area contributed by atoms with Gasteiger partial charge < -0.3 is 5.11 Å². The Morgan fingerprint density at radius 2 is 1.92 bits per heavy atom. The van der Waals surface area contributed by atoms with Gasteiger partial charge in [-0.25, -0.2) is 21.9 Å². The molecule has 0 unspecified atom stereocenters. The number of nitrogens with zero attached hydrogens (tertiary/aromatic N) is 1. The Morgan fingerprint density at radius 1 is 1.33 bits per heavy atom. The van der Waals surface area contributed by atoms with E-state index in [1.54, 1.807) is 4.90 Å². The molecular formula is C15H20F2N2O4S. The molecule has 0 bridgehead atoms. The zero-order valence-corrected chi connectivity index (χ0v) is 14.0. The first kappa shape index (κ1) is 18.8. The monoisotopic (exact) mass is 362 g/mol. The lowest BCUT2D eigenvalue weighted by atomic mass is 9.86. The minimum Gasteiger partial charge on any atom is -0.480 e. The van der Waals surface area contributed by atoms with Gasteiger partial charge in [0, 0.05) is 17.6 Å². The SMILES string of the molecule is CCN(CC(=O)O)C1CC(NS(=O)(=O)Cc2c(F)cccc2F)C1. The zero-order valence-electron chi connectivity index (χ0n) is 13.2. The molecule has 1 aliphatic carbocycles. The van der Waals surface area contributed by atoms with Crippen LogP contribution in [0.15, 0.2) is 18.2 Å². The molecule has 0 heterocycles. The second-order valence-electron chi connectivity index (χ2n) is 5.86. The van der Waals surface area contributed by atoms with Crippen molar-refractivity contribution >= 4 is 16.0 Å². The van der Waals surface area contributed by atoms with Crippen LogP contribution in [0.3, 0.4) is 0 Å². The average molecular weight is 362 g/mol. The Morgan fingerprint density at radius 3 is 2.42 bits per heavy atom. The first-order chi connectivity index (χ1) is 11.2. The summed E-state index contributed by atoms with van der Waals surface area (Å²) in [5.74, 6) is -3.49. The Hall–Kier alpha value is -1.58. The molecule has 24 heavy (non-hydrogen) atoms. The van der Waals surface area contributed by atoms with Crippen molar-refractivity contribution in [1.82, 2.24) is 9.62 Å². The number of rotatable bonds is 8. The predicted octanol–water partition coefficient (Wildman–Crippen LogP) is 1.32. The lowest BCUT2D eigenvalue weighted by Gasteiger charge is -2.42. The highest BCUT2D eigenvalue weighted by Crippen LogP contribution is 2.27. The van der Waals surface area contributed by atoms with Gasteiger partial charge in [-0.3, -0.25) is 9.69 Å². The summed E-state index contributed by atoms with van der Waals surface area (Å²) >= 11 is 0. The summed E-state index contributed by atoms with van der Waals surface area (Å²) in [5.41, 5.74) is -0.484. The predicted molar refractivity (Wildman–Crippen MR) is 83.8 cm³/mol. The summed E-state index contributed by atoms with van der Waals surface area (Å²) in [6, 6.07) is 2.84. The molecule has 0 saturated heterocycles. The van der Waals surface area contributed by atoms with Crippen LogP contribution in [-0.2, 0) is 20.6 Å². The molecule has 0 aliphatic heterocycles. The molecular weight excluding hydrogens is 342 g/mol. The first-order valence-corrected chi connectivity index (χ1v) is 9.25. The summed E-state index contributed by atoms with van der Waals surface area (Å²) in [4.78, 5) is 12.5. The van der Waals surface area contributed by atoms with Gasteiger partial charge in [-0.1, -0.05) is 13.0 Å². The van der Waals surface area contributed by atoms with E-state index in [-0.39, 0.29) is 18.6 Å². The topological polar surface area (TPSA) is 86.7 Å². The van der Waals surface area contributed by atoms with Crippen molar-refractivity contribution in [3.05, 3.63) is 35.4 Å². The van der Waals surface area contributed by atoms with Crippen molar-refractivity contribution in [3.8, 4) is 0 Å². The average Bonchev–Trinajstić information content (AvgIpc) is 2.44. The van der Waals surface area contributed by atoms with Gasteiger partial charge in [-0.05, 0) is 31.5 Å². The molecule has 0 atom stereocenters. The van der Waals surface area contributed by atoms with Gasteiger partial charge in [-0.2, -0.15) is 0 Å². The standard InChI is InChI=1S/C15H20F2N2O4S/c1-2-19(8-15(20)21)11-6-10(7-11)18-24(22,23)9-12-13(16)4-3-5-14(12)17/h3-5,10-11,18H,2,6-9H2,1H3,(H,20,21). The minimum atomic E-state index is -3.88. The molecule has 0 aromatic heterocycles. The number of carboxylic acid groups (broad SMARTS) is 1. The normalized spacial score (nSPS) is 20.8. The Labute approximate surface area is 139 Å². The molecule has 1 saturated carbocycles. The van der Waals surface area contributed by atoms with E-state index in [0.29, 0.717) is 19.4 Å². The number of hydrogen-bond acceptors (Lipinski definition) is 4. The lowest BCUT2D eigenvalue weighted by Crippen LogP contribution is -2.54. The van der Waals surface area contributed by atoms with Crippen molar-refractivity contribution in [1.29, 1.82) is 0 Å². The molecule has 1 aromatic rings. The molecule has 6 nitrogen and oxygen atoms in total. The molecule has 0 amide bonds. The molecule has 2 N–H and O–H groups in total. The molecule has 9 heteroatoms. The van der Waals surface area contributed by atoms with Crippen molar-refractivity contribution < 1.29 is 27.1 Å². The zero-order chi connectivity index (χ0) is 17.9. The number of carboxylic acids is 1. The third kappa shape index (κ3) is 4.71. The molecule has 1 fully saturated rings. The van der Waals surface area contributed by atoms with E-state index in [1.807, 2.05) is 6.92 Å². The van der Waals surface area contributed by atoms with E-state index < -0.39 is 38.9 Å². The summed E-state index contributed by atoms with van der Waals surface area (Å²) in [5, 5.41) is 8.83. The van der Waals surface area contributed by atoms with Gasteiger partial charge in [0.2, 0.25) is 10.0 Å². The van der Waals surface area contributed by atoms with Crippen LogP contribution in [0.1, 0.15) is 25.3 Å². The fourth-order valence-electron chi connectivity index (χ4n) is 2.81. The van der Waals surface area contributed by atoms with Gasteiger partial charge >= 0.3 is 5.97 Å². The van der Waals surface area contributed by atoms with E-state index in [9.17, 15) is 22.0 Å². The van der Waals surface area contributed by atoms with Crippen LogP contribution >= 0.6 is 0 Å². The van der Waals surface area contributed by atoms with E-state index in [1.165, 1.54) is 6.07 Å². The van der Waals surface area contributed by atoms with Crippen molar-refractivity contribution in [3.63, 3.8) is 0 Å². The highest BCUT2D eigenvalue weighted by atomic mass is 32.2. The Balaban J connectivity index is 1.92. The van der Waals surface area contributed by atoms with Gasteiger partial charge in [0.05, 0.1) is 12.3 Å². The first-order valence-electron chi connectivity index (χ1n) is 7.60. The van der Waals surface area contributed by atoms with Crippen LogP contribution in [0, 0.1) is 11.6 Å². The van der Waals surface area contributed by atoms with Gasteiger partial charge in [-0.15, -0.1) is 0 Å². The van der Waals surface area contributed by atoms with Crippen LogP contribution in [-0.4, -0.2) is 49.6 Å². The van der Waals surface area contributed by atoms with Crippen molar-refractivity contribution in [2.45, 2.75) is 37.6 Å². The third-order valence-corrected chi connectivity index (χ3v) is 5.48. The number of likely N-dealkylation sites (N-methyl/N-ethyl adjacent to an activating group) is 1. The third-order valence-electron chi connectivity index (χ3n) is 4.12. The Bertz CT molecular complexity index is 685. The summed E-state index contributed by atoms with van der Waals surface area (Å²) in [7, 11) is -3.88. The minimum absolute atomic E-state index is 0.0102. The van der Waals surface area contributed by atoms with E-state index in [4.69, 9.17) is 5.11 Å². The maximum Gasteiger partial charge on any atom is 0.317 e. The highest BCUT2D eigenvalue weighted by Gasteiger charge is 2.36. The van der Waals surface area contributed by atoms with Crippen LogP contribution < -0.4 is 4.72 Å². The number of carbonyl (C=O) groups is 1. The van der Waals surface area contributed by atoms with Crippen molar-refractivity contribution in [2.75, 3.05) is 13.1 Å². The molecule has 0 radical (unpaired) electrons. The van der Waals surface area contributed by atoms with Gasteiger partial charge in [0.1, 0.15) is 11.6 Å². The van der Waals surface area contributed by atoms with Crippen LogP contribution in [0.5, 0.6) is 0 Å². The molecule has 1 aromatic carbocycles. The van der Waals surface area contributed by atoms with E-state index in [0.717, 1.165) is 12.1 Å². The maximum atomic E-state index is 13.6. The largest absolute Gasteiger partial charge is 0.480 e. The van der Waals surface area contributed by atoms with Gasteiger partial charge in [0.15, 0.2) is 0 Å². The second kappa shape index (κ2) is 7.54. The summed E-state index contributed by atoms with van der Waals surface area (Å²) in [6.45, 7) is 2.29. The highest BCUT2D eigenvalue weighted by molar-refractivity contribution is 7.88. The van der Waals surface area contributed by atoms with E-state index >= 15 is 0 Å². The molecule has 0 spiro atoms. The molecule has 134 valence electrons. The second-order valence-corrected chi connectivity index (χ2v) is 7.61. The van der Waals surface area contributed by atoms with E-state index in [2.05, 4.69) is 4.72 Å². The Kier molecular flexibility index (Phi) is 5.89. The number of benzene rings is 1. The summed E-state index contributed by atoms with van der Waals surface area (Å²) in [6.07, 6.45) is 0.945. The number of halogens is 2. The number of nitrogens with one attached hydrogen (secondary N) is 1. The van der Waals surface area contributed by atoms with Crippen molar-refractivity contribution in [2.24, 2.45) is 0 Å². The van der Waals surface area contributed by atoms with Gasteiger partial charge in [0.25, 0.3) is 0 Å².